The number of anilines is 1. The number of thioether (sulfide) groups is 1. The van der Waals surface area contributed by atoms with Crippen LogP contribution in [0.4, 0.5) is 5.69 Å². The smallest absolute Gasteiger partial charge is 0.255 e. The second kappa shape index (κ2) is 7.54. The van der Waals surface area contributed by atoms with Gasteiger partial charge in [0.05, 0.1) is 5.88 Å². The van der Waals surface area contributed by atoms with Gasteiger partial charge in [0.2, 0.25) is 5.91 Å². The molecule has 3 rings (SSSR count). The Hall–Kier alpha value is -2.27. The van der Waals surface area contributed by atoms with Crippen molar-refractivity contribution in [2.24, 2.45) is 0 Å². The SMILES string of the molecule is CC(C)(C)c1ccc(NC(=O)C2CSCN2C(=O)c2ccccc2)cc1. The summed E-state index contributed by atoms with van der Waals surface area (Å²) in [4.78, 5) is 27.1. The average molecular weight is 369 g/mol. The minimum absolute atomic E-state index is 0.0729. The third-order valence-corrected chi connectivity index (χ3v) is 5.50. The first-order valence-corrected chi connectivity index (χ1v) is 9.87. The van der Waals surface area contributed by atoms with Crippen molar-refractivity contribution in [2.45, 2.75) is 32.2 Å². The van der Waals surface area contributed by atoms with Crippen molar-refractivity contribution in [3.63, 3.8) is 0 Å². The van der Waals surface area contributed by atoms with Gasteiger partial charge < -0.3 is 10.2 Å². The maximum Gasteiger partial charge on any atom is 0.255 e. The van der Waals surface area contributed by atoms with Gasteiger partial charge in [-0.05, 0) is 35.2 Å². The summed E-state index contributed by atoms with van der Waals surface area (Å²) >= 11 is 1.60. The van der Waals surface area contributed by atoms with Crippen molar-refractivity contribution >= 4 is 29.3 Å². The van der Waals surface area contributed by atoms with E-state index in [2.05, 4.69) is 26.1 Å². The molecule has 0 spiro atoms. The number of amides is 2. The zero-order valence-electron chi connectivity index (χ0n) is 15.4. The van der Waals surface area contributed by atoms with Crippen LogP contribution in [0.1, 0.15) is 36.7 Å². The van der Waals surface area contributed by atoms with Gasteiger partial charge >= 0.3 is 0 Å². The van der Waals surface area contributed by atoms with Crippen LogP contribution in [-0.2, 0) is 10.2 Å². The molecule has 1 aliphatic heterocycles. The molecule has 0 saturated carbocycles. The van der Waals surface area contributed by atoms with E-state index in [0.29, 0.717) is 17.2 Å². The quantitative estimate of drug-likeness (QED) is 0.886. The Labute approximate surface area is 159 Å². The number of hydrogen-bond donors (Lipinski definition) is 1. The molecule has 1 heterocycles. The first-order chi connectivity index (χ1) is 12.4. The van der Waals surface area contributed by atoms with Crippen molar-refractivity contribution in [1.29, 1.82) is 0 Å². The van der Waals surface area contributed by atoms with E-state index >= 15 is 0 Å². The molecule has 2 aromatic rings. The Morgan fingerprint density at radius 3 is 2.31 bits per heavy atom. The Morgan fingerprint density at radius 2 is 1.69 bits per heavy atom. The molecule has 136 valence electrons. The lowest BCUT2D eigenvalue weighted by atomic mass is 9.87. The highest BCUT2D eigenvalue weighted by Gasteiger charge is 2.35. The number of benzene rings is 2. The molecule has 4 nitrogen and oxygen atoms in total. The predicted octanol–water partition coefficient (Wildman–Crippen LogP) is 4.14. The van der Waals surface area contributed by atoms with Crippen LogP contribution in [0.15, 0.2) is 54.6 Å². The molecule has 1 fully saturated rings. The largest absolute Gasteiger partial charge is 0.324 e. The van der Waals surface area contributed by atoms with Crippen LogP contribution in [-0.4, -0.2) is 34.4 Å². The molecule has 1 saturated heterocycles. The van der Waals surface area contributed by atoms with E-state index in [0.717, 1.165) is 5.69 Å². The second-order valence-electron chi connectivity index (χ2n) is 7.47. The summed E-state index contributed by atoms with van der Waals surface area (Å²) in [6, 6.07) is 16.6. The van der Waals surface area contributed by atoms with Crippen LogP contribution in [0, 0.1) is 0 Å². The lowest BCUT2D eigenvalue weighted by Crippen LogP contribution is -2.44. The molecule has 1 aliphatic rings. The van der Waals surface area contributed by atoms with Gasteiger partial charge in [-0.1, -0.05) is 51.1 Å². The van der Waals surface area contributed by atoms with E-state index in [1.165, 1.54) is 5.56 Å². The molecule has 1 N–H and O–H groups in total. The Bertz CT molecular complexity index is 782. The second-order valence-corrected chi connectivity index (χ2v) is 8.47. The summed E-state index contributed by atoms with van der Waals surface area (Å²) < 4.78 is 0. The third-order valence-electron chi connectivity index (χ3n) is 4.49. The molecule has 0 bridgehead atoms. The highest BCUT2D eigenvalue weighted by atomic mass is 32.2. The fourth-order valence-electron chi connectivity index (χ4n) is 2.89. The zero-order chi connectivity index (χ0) is 18.7. The molecule has 1 atom stereocenters. The highest BCUT2D eigenvalue weighted by Crippen LogP contribution is 2.26. The molecule has 0 aliphatic carbocycles. The summed E-state index contributed by atoms with van der Waals surface area (Å²) in [6.07, 6.45) is 0. The Kier molecular flexibility index (Phi) is 5.37. The summed E-state index contributed by atoms with van der Waals surface area (Å²) in [5.41, 5.74) is 2.66. The fraction of sp³-hybridized carbons (Fsp3) is 0.333. The molecule has 26 heavy (non-hydrogen) atoms. The van der Waals surface area contributed by atoms with Crippen molar-refractivity contribution in [2.75, 3.05) is 16.9 Å². The number of carbonyl (C=O) groups excluding carboxylic acids is 2. The monoisotopic (exact) mass is 368 g/mol. The van der Waals surface area contributed by atoms with Gasteiger partial charge in [0.1, 0.15) is 6.04 Å². The van der Waals surface area contributed by atoms with E-state index in [1.807, 2.05) is 42.5 Å². The summed E-state index contributed by atoms with van der Waals surface area (Å²) in [7, 11) is 0. The standard InChI is InChI=1S/C21H24N2O2S/c1-21(2,3)16-9-11-17(12-10-16)22-19(24)18-13-26-14-23(18)20(25)15-7-5-4-6-8-15/h4-12,18H,13-14H2,1-3H3,(H,22,24). The topological polar surface area (TPSA) is 49.4 Å². The molecule has 0 aromatic heterocycles. The molecule has 5 heteroatoms. The van der Waals surface area contributed by atoms with Gasteiger partial charge in [0.25, 0.3) is 5.91 Å². The molecule has 0 radical (unpaired) electrons. The van der Waals surface area contributed by atoms with Gasteiger partial charge in [0, 0.05) is 17.0 Å². The fourth-order valence-corrected chi connectivity index (χ4v) is 4.04. The summed E-state index contributed by atoms with van der Waals surface area (Å²) in [6.45, 7) is 6.47. The molecule has 2 amide bonds. The van der Waals surface area contributed by atoms with Gasteiger partial charge in [-0.25, -0.2) is 0 Å². The molecular formula is C21H24N2O2S. The van der Waals surface area contributed by atoms with Crippen molar-refractivity contribution in [3.8, 4) is 0 Å². The third kappa shape index (κ3) is 4.10. The maximum absolute atomic E-state index is 12.7. The van der Waals surface area contributed by atoms with E-state index in [1.54, 1.807) is 28.8 Å². The Morgan fingerprint density at radius 1 is 1.04 bits per heavy atom. The van der Waals surface area contributed by atoms with E-state index in [-0.39, 0.29) is 17.2 Å². The molecule has 1 unspecified atom stereocenters. The van der Waals surface area contributed by atoms with Crippen LogP contribution in [0.5, 0.6) is 0 Å². The minimum Gasteiger partial charge on any atom is -0.324 e. The molecule has 2 aromatic carbocycles. The number of hydrogen-bond acceptors (Lipinski definition) is 3. The van der Waals surface area contributed by atoms with Crippen LogP contribution < -0.4 is 5.32 Å². The maximum atomic E-state index is 12.7. The van der Waals surface area contributed by atoms with Gasteiger partial charge in [-0.2, -0.15) is 0 Å². The average Bonchev–Trinajstić information content (AvgIpc) is 3.11. The number of nitrogens with zero attached hydrogens (tertiary/aromatic N) is 1. The number of carbonyl (C=O) groups is 2. The zero-order valence-corrected chi connectivity index (χ0v) is 16.2. The summed E-state index contributed by atoms with van der Waals surface area (Å²) in [5, 5.41) is 2.95. The first-order valence-electron chi connectivity index (χ1n) is 8.71. The van der Waals surface area contributed by atoms with Gasteiger partial charge in [-0.15, -0.1) is 11.8 Å². The normalized spacial score (nSPS) is 17.2. The van der Waals surface area contributed by atoms with Crippen LogP contribution in [0.25, 0.3) is 0 Å². The Balaban J connectivity index is 1.70. The predicted molar refractivity (Wildman–Crippen MR) is 107 cm³/mol. The van der Waals surface area contributed by atoms with E-state index in [4.69, 9.17) is 0 Å². The molecular weight excluding hydrogens is 344 g/mol. The van der Waals surface area contributed by atoms with Crippen molar-refractivity contribution in [3.05, 3.63) is 65.7 Å². The van der Waals surface area contributed by atoms with Crippen LogP contribution in [0.2, 0.25) is 0 Å². The number of rotatable bonds is 3. The summed E-state index contributed by atoms with van der Waals surface area (Å²) in [5.74, 6) is 0.917. The lowest BCUT2D eigenvalue weighted by molar-refractivity contribution is -0.119. The van der Waals surface area contributed by atoms with Gasteiger partial charge in [0.15, 0.2) is 0 Å². The highest BCUT2D eigenvalue weighted by molar-refractivity contribution is 7.99. The van der Waals surface area contributed by atoms with Crippen LogP contribution >= 0.6 is 11.8 Å². The van der Waals surface area contributed by atoms with Gasteiger partial charge in [-0.3, -0.25) is 9.59 Å². The van der Waals surface area contributed by atoms with E-state index in [9.17, 15) is 9.59 Å². The van der Waals surface area contributed by atoms with E-state index < -0.39 is 6.04 Å². The van der Waals surface area contributed by atoms with Crippen molar-refractivity contribution < 1.29 is 9.59 Å². The lowest BCUT2D eigenvalue weighted by Gasteiger charge is -2.23. The van der Waals surface area contributed by atoms with Crippen LogP contribution in [0.3, 0.4) is 0 Å². The first kappa shape index (κ1) is 18.5. The van der Waals surface area contributed by atoms with Crippen molar-refractivity contribution in [1.82, 2.24) is 4.90 Å². The number of nitrogens with one attached hydrogen (secondary N) is 1. The minimum atomic E-state index is -0.449.